The summed E-state index contributed by atoms with van der Waals surface area (Å²) in [5.41, 5.74) is 6.20. The highest BCUT2D eigenvalue weighted by atomic mass is 16.4. The number of aromatic hydroxyl groups is 1. The average Bonchev–Trinajstić information content (AvgIpc) is 2.75. The fraction of sp³-hybridized carbons (Fsp3) is 0.500. The molecule has 0 heterocycles. The lowest BCUT2D eigenvalue weighted by atomic mass is 10.0. The Kier molecular flexibility index (Phi) is 11.0. The second-order valence-electron chi connectivity index (χ2n) is 8.27. The van der Waals surface area contributed by atoms with Gasteiger partial charge in [-0.2, -0.15) is 0 Å². The molecule has 0 aliphatic carbocycles. The van der Waals surface area contributed by atoms with Crippen molar-refractivity contribution in [3.63, 3.8) is 0 Å². The molecule has 1 aromatic rings. The van der Waals surface area contributed by atoms with E-state index in [1.807, 2.05) is 0 Å². The zero-order chi connectivity index (χ0) is 26.0. The maximum atomic E-state index is 12.8. The lowest BCUT2D eigenvalue weighted by molar-refractivity contribution is -0.142. The third-order valence-corrected chi connectivity index (χ3v) is 5.00. The number of benzene rings is 1. The van der Waals surface area contributed by atoms with E-state index in [2.05, 4.69) is 16.0 Å². The Labute approximate surface area is 196 Å². The molecule has 34 heavy (non-hydrogen) atoms. The van der Waals surface area contributed by atoms with Crippen LogP contribution in [0.3, 0.4) is 0 Å². The molecule has 12 nitrogen and oxygen atoms in total. The van der Waals surface area contributed by atoms with E-state index < -0.39 is 59.7 Å². The number of aliphatic carboxylic acids is 2. The Hall–Kier alpha value is -3.67. The zero-order valence-electron chi connectivity index (χ0n) is 19.3. The van der Waals surface area contributed by atoms with E-state index in [1.165, 1.54) is 31.2 Å². The first-order chi connectivity index (χ1) is 15.8. The Bertz CT molecular complexity index is 887. The molecule has 8 N–H and O–H groups in total. The maximum absolute atomic E-state index is 12.8. The Balaban J connectivity index is 2.77. The standard InChI is InChI=1S/C22H32N4O8/c1-11(2)18(26-19(30)12(3)24-20(31)15(23)8-9-17(28)29)21(32)25-16(22(33)34)10-13-4-6-14(27)7-5-13/h4-7,11-12,15-16,18,27H,8-10,23H2,1-3H3,(H,24,31)(H,25,32)(H,26,30)(H,28,29)(H,33,34). The predicted molar refractivity (Wildman–Crippen MR) is 121 cm³/mol. The second kappa shape index (κ2) is 13.1. The lowest BCUT2D eigenvalue weighted by Crippen LogP contribution is -2.58. The molecular formula is C22H32N4O8. The molecule has 1 rings (SSSR count). The molecule has 0 radical (unpaired) electrons. The molecule has 4 atom stereocenters. The van der Waals surface area contributed by atoms with E-state index in [0.29, 0.717) is 5.56 Å². The van der Waals surface area contributed by atoms with Crippen molar-refractivity contribution in [2.75, 3.05) is 0 Å². The van der Waals surface area contributed by atoms with Crippen molar-refractivity contribution >= 4 is 29.7 Å². The number of carboxylic acids is 2. The summed E-state index contributed by atoms with van der Waals surface area (Å²) in [6, 6.07) is 1.30. The first-order valence-electron chi connectivity index (χ1n) is 10.7. The molecule has 0 saturated heterocycles. The number of nitrogens with two attached hydrogens (primary N) is 1. The van der Waals surface area contributed by atoms with Crippen molar-refractivity contribution in [1.82, 2.24) is 16.0 Å². The molecule has 3 amide bonds. The van der Waals surface area contributed by atoms with Crippen LogP contribution in [0.25, 0.3) is 0 Å². The molecule has 1 aromatic carbocycles. The van der Waals surface area contributed by atoms with Gasteiger partial charge in [-0.05, 0) is 37.0 Å². The van der Waals surface area contributed by atoms with Crippen LogP contribution in [0, 0.1) is 5.92 Å². The number of carbonyl (C=O) groups excluding carboxylic acids is 3. The molecule has 188 valence electrons. The van der Waals surface area contributed by atoms with Crippen LogP contribution in [0.15, 0.2) is 24.3 Å². The van der Waals surface area contributed by atoms with E-state index in [4.69, 9.17) is 10.8 Å². The van der Waals surface area contributed by atoms with Gasteiger partial charge in [0.2, 0.25) is 17.7 Å². The third kappa shape index (κ3) is 9.45. The van der Waals surface area contributed by atoms with E-state index >= 15 is 0 Å². The van der Waals surface area contributed by atoms with Crippen molar-refractivity contribution in [1.29, 1.82) is 0 Å². The minimum absolute atomic E-state index is 0.0197. The normalized spacial score (nSPS) is 14.4. The minimum Gasteiger partial charge on any atom is -0.508 e. The lowest BCUT2D eigenvalue weighted by Gasteiger charge is -2.26. The number of rotatable bonds is 13. The van der Waals surface area contributed by atoms with Crippen LogP contribution in [-0.2, 0) is 30.4 Å². The summed E-state index contributed by atoms with van der Waals surface area (Å²) in [7, 11) is 0. The van der Waals surface area contributed by atoms with Crippen LogP contribution in [0.1, 0.15) is 39.2 Å². The highest BCUT2D eigenvalue weighted by Crippen LogP contribution is 2.12. The van der Waals surface area contributed by atoms with Gasteiger partial charge in [-0.3, -0.25) is 19.2 Å². The number of hydrogen-bond donors (Lipinski definition) is 7. The smallest absolute Gasteiger partial charge is 0.326 e. The number of phenolic OH excluding ortho intramolecular Hbond substituents is 1. The average molecular weight is 481 g/mol. The summed E-state index contributed by atoms with van der Waals surface area (Å²) in [6.45, 7) is 4.69. The highest BCUT2D eigenvalue weighted by Gasteiger charge is 2.30. The summed E-state index contributed by atoms with van der Waals surface area (Å²) < 4.78 is 0. The van der Waals surface area contributed by atoms with Crippen LogP contribution >= 0.6 is 0 Å². The molecule has 0 aliphatic rings. The van der Waals surface area contributed by atoms with Gasteiger partial charge in [-0.15, -0.1) is 0 Å². The van der Waals surface area contributed by atoms with Crippen LogP contribution in [0.5, 0.6) is 5.75 Å². The molecule has 0 aliphatic heterocycles. The van der Waals surface area contributed by atoms with Gasteiger partial charge in [-0.25, -0.2) is 4.79 Å². The van der Waals surface area contributed by atoms with Crippen LogP contribution in [0.4, 0.5) is 0 Å². The van der Waals surface area contributed by atoms with E-state index in [0.717, 1.165) is 0 Å². The molecule has 0 saturated carbocycles. The van der Waals surface area contributed by atoms with Gasteiger partial charge in [0.1, 0.15) is 23.9 Å². The number of carbonyl (C=O) groups is 5. The summed E-state index contributed by atoms with van der Waals surface area (Å²) in [6.07, 6.45) is -0.454. The van der Waals surface area contributed by atoms with Gasteiger partial charge in [-0.1, -0.05) is 26.0 Å². The number of nitrogens with one attached hydrogen (secondary N) is 3. The molecule has 4 unspecified atom stereocenters. The Morgan fingerprint density at radius 1 is 0.882 bits per heavy atom. The molecule has 0 fully saturated rings. The van der Waals surface area contributed by atoms with E-state index in [9.17, 15) is 34.2 Å². The number of carboxylic acid groups (broad SMARTS) is 2. The third-order valence-electron chi connectivity index (χ3n) is 5.00. The van der Waals surface area contributed by atoms with Gasteiger partial charge in [0.15, 0.2) is 0 Å². The van der Waals surface area contributed by atoms with Crippen molar-refractivity contribution in [3.8, 4) is 5.75 Å². The van der Waals surface area contributed by atoms with Crippen LogP contribution in [0.2, 0.25) is 0 Å². The fourth-order valence-electron chi connectivity index (χ4n) is 2.94. The fourth-order valence-corrected chi connectivity index (χ4v) is 2.94. The summed E-state index contributed by atoms with van der Waals surface area (Å²) >= 11 is 0. The number of amides is 3. The maximum Gasteiger partial charge on any atom is 0.326 e. The van der Waals surface area contributed by atoms with Crippen molar-refractivity contribution < 1.29 is 39.3 Å². The van der Waals surface area contributed by atoms with Gasteiger partial charge in [0.05, 0.1) is 6.04 Å². The van der Waals surface area contributed by atoms with E-state index in [1.54, 1.807) is 13.8 Å². The second-order valence-corrected chi connectivity index (χ2v) is 8.27. The molecule has 12 heteroatoms. The quantitative estimate of drug-likeness (QED) is 0.191. The Morgan fingerprint density at radius 3 is 1.97 bits per heavy atom. The van der Waals surface area contributed by atoms with Gasteiger partial charge in [0, 0.05) is 12.8 Å². The van der Waals surface area contributed by atoms with Crippen molar-refractivity contribution in [2.24, 2.45) is 11.7 Å². The monoisotopic (exact) mass is 480 g/mol. The minimum atomic E-state index is -1.28. The predicted octanol–water partition coefficient (Wildman–Crippen LogP) is -0.658. The number of hydrogen-bond acceptors (Lipinski definition) is 7. The topological polar surface area (TPSA) is 208 Å². The first kappa shape index (κ1) is 28.4. The summed E-state index contributed by atoms with van der Waals surface area (Å²) in [5.74, 6) is -4.89. The van der Waals surface area contributed by atoms with E-state index in [-0.39, 0.29) is 25.0 Å². The largest absolute Gasteiger partial charge is 0.508 e. The van der Waals surface area contributed by atoms with Gasteiger partial charge >= 0.3 is 11.9 Å². The highest BCUT2D eigenvalue weighted by molar-refractivity contribution is 5.94. The van der Waals surface area contributed by atoms with Crippen LogP contribution < -0.4 is 21.7 Å². The molecule has 0 aromatic heterocycles. The van der Waals surface area contributed by atoms with Crippen molar-refractivity contribution in [3.05, 3.63) is 29.8 Å². The van der Waals surface area contributed by atoms with Gasteiger partial charge in [0.25, 0.3) is 0 Å². The van der Waals surface area contributed by atoms with Gasteiger partial charge < -0.3 is 37.0 Å². The summed E-state index contributed by atoms with van der Waals surface area (Å²) in [5, 5.41) is 34.8. The first-order valence-corrected chi connectivity index (χ1v) is 10.7. The molecular weight excluding hydrogens is 448 g/mol. The zero-order valence-corrected chi connectivity index (χ0v) is 19.3. The van der Waals surface area contributed by atoms with Crippen LogP contribution in [-0.4, -0.2) is 69.1 Å². The van der Waals surface area contributed by atoms with Crippen molar-refractivity contribution in [2.45, 2.75) is 64.2 Å². The SMILES string of the molecule is CC(NC(=O)C(N)CCC(=O)O)C(=O)NC(C(=O)NC(Cc1ccc(O)cc1)C(=O)O)C(C)C. The summed E-state index contributed by atoms with van der Waals surface area (Å²) in [4.78, 5) is 59.7. The number of phenols is 1. The Morgan fingerprint density at radius 2 is 1.47 bits per heavy atom. The molecule has 0 bridgehead atoms. The molecule has 0 spiro atoms.